The lowest BCUT2D eigenvalue weighted by molar-refractivity contribution is -0.124. The lowest BCUT2D eigenvalue weighted by Crippen LogP contribution is -2.32. The number of nitrogens with zero attached hydrogens (tertiary/aromatic N) is 2. The second-order valence-corrected chi connectivity index (χ2v) is 5.89. The summed E-state index contributed by atoms with van der Waals surface area (Å²) in [4.78, 5) is 14.2. The molecular weight excluding hydrogens is 295 g/mol. The van der Waals surface area contributed by atoms with Crippen LogP contribution in [0.1, 0.15) is 18.9 Å². The molecule has 2 N–H and O–H groups in total. The lowest BCUT2D eigenvalue weighted by Gasteiger charge is -2.16. The van der Waals surface area contributed by atoms with E-state index in [1.54, 1.807) is 18.3 Å². The fourth-order valence-corrected chi connectivity index (χ4v) is 3.05. The molecule has 1 aliphatic rings. The minimum atomic E-state index is -0.251. The molecule has 1 amide bonds. The summed E-state index contributed by atoms with van der Waals surface area (Å²) in [6.45, 7) is 5.01. The van der Waals surface area contributed by atoms with Crippen molar-refractivity contribution >= 4 is 5.91 Å². The van der Waals surface area contributed by atoms with Crippen molar-refractivity contribution in [1.29, 1.82) is 0 Å². The predicted molar refractivity (Wildman–Crippen MR) is 86.0 cm³/mol. The number of carbonyl (C=O) groups excluding carboxylic acids is 1. The standard InChI is InChI=1S/C17H21FN4O/c1-2-19-17(23)13-7-8-22(10-13)11-14-9-20-21-16(14)12-3-5-15(18)6-4-12/h3-6,9,13H,2,7-8,10-11H2,1H3,(H,19,23)(H,20,21)/t13-/m0/s1. The zero-order valence-electron chi connectivity index (χ0n) is 13.2. The van der Waals surface area contributed by atoms with Crippen LogP contribution in [0.15, 0.2) is 30.5 Å². The number of hydrogen-bond donors (Lipinski definition) is 2. The molecule has 1 aliphatic heterocycles. The Morgan fingerprint density at radius 2 is 2.22 bits per heavy atom. The Hall–Kier alpha value is -2.21. The molecule has 1 atom stereocenters. The van der Waals surface area contributed by atoms with E-state index in [0.717, 1.165) is 42.9 Å². The van der Waals surface area contributed by atoms with E-state index < -0.39 is 0 Å². The van der Waals surface area contributed by atoms with Crippen molar-refractivity contribution in [2.24, 2.45) is 5.92 Å². The molecule has 0 aliphatic carbocycles. The van der Waals surface area contributed by atoms with Crippen molar-refractivity contribution in [3.05, 3.63) is 41.8 Å². The smallest absolute Gasteiger partial charge is 0.224 e. The highest BCUT2D eigenvalue weighted by atomic mass is 19.1. The average molecular weight is 316 g/mol. The van der Waals surface area contributed by atoms with Crippen molar-refractivity contribution in [2.75, 3.05) is 19.6 Å². The van der Waals surface area contributed by atoms with Gasteiger partial charge >= 0.3 is 0 Å². The number of amides is 1. The number of halogens is 1. The van der Waals surface area contributed by atoms with Gasteiger partial charge in [0, 0.05) is 30.8 Å². The minimum absolute atomic E-state index is 0.0659. The third-order valence-corrected chi connectivity index (χ3v) is 4.24. The summed E-state index contributed by atoms with van der Waals surface area (Å²) < 4.78 is 13.1. The van der Waals surface area contributed by atoms with E-state index in [1.165, 1.54) is 12.1 Å². The molecule has 1 saturated heterocycles. The van der Waals surface area contributed by atoms with Crippen molar-refractivity contribution in [3.63, 3.8) is 0 Å². The van der Waals surface area contributed by atoms with E-state index in [9.17, 15) is 9.18 Å². The quantitative estimate of drug-likeness (QED) is 0.889. The van der Waals surface area contributed by atoms with Gasteiger partial charge in [-0.1, -0.05) is 0 Å². The topological polar surface area (TPSA) is 61.0 Å². The second kappa shape index (κ2) is 6.91. The molecule has 1 aromatic heterocycles. The third-order valence-electron chi connectivity index (χ3n) is 4.24. The molecule has 2 aromatic rings. The van der Waals surface area contributed by atoms with Gasteiger partial charge in [-0.25, -0.2) is 4.39 Å². The normalized spacial score (nSPS) is 18.3. The number of hydrogen-bond acceptors (Lipinski definition) is 3. The van der Waals surface area contributed by atoms with E-state index >= 15 is 0 Å². The Bertz CT molecular complexity index is 667. The fourth-order valence-electron chi connectivity index (χ4n) is 3.05. The Kier molecular flexibility index (Phi) is 4.71. The average Bonchev–Trinajstić information content (AvgIpc) is 3.18. The van der Waals surface area contributed by atoms with Crippen LogP contribution in [0.25, 0.3) is 11.3 Å². The first-order valence-electron chi connectivity index (χ1n) is 7.95. The molecular formula is C17H21FN4O. The van der Waals surface area contributed by atoms with Crippen LogP contribution >= 0.6 is 0 Å². The van der Waals surface area contributed by atoms with Crippen molar-refractivity contribution < 1.29 is 9.18 Å². The first kappa shape index (κ1) is 15.7. The van der Waals surface area contributed by atoms with E-state index in [-0.39, 0.29) is 17.6 Å². The summed E-state index contributed by atoms with van der Waals surface area (Å²) >= 11 is 0. The molecule has 3 rings (SSSR count). The van der Waals surface area contributed by atoms with Crippen LogP contribution in [0.4, 0.5) is 4.39 Å². The summed E-state index contributed by atoms with van der Waals surface area (Å²) in [5, 5.41) is 10.0. The Morgan fingerprint density at radius 1 is 1.43 bits per heavy atom. The third kappa shape index (κ3) is 3.59. The van der Waals surface area contributed by atoms with E-state index in [1.807, 2.05) is 6.92 Å². The molecule has 0 saturated carbocycles. The summed E-state index contributed by atoms with van der Waals surface area (Å²) in [6, 6.07) is 6.38. The van der Waals surface area contributed by atoms with E-state index in [0.29, 0.717) is 6.54 Å². The molecule has 0 unspecified atom stereocenters. The van der Waals surface area contributed by atoms with Crippen molar-refractivity contribution in [3.8, 4) is 11.3 Å². The lowest BCUT2D eigenvalue weighted by atomic mass is 10.1. The van der Waals surface area contributed by atoms with Crippen LogP contribution in [0, 0.1) is 11.7 Å². The van der Waals surface area contributed by atoms with Crippen LogP contribution < -0.4 is 5.32 Å². The van der Waals surface area contributed by atoms with Gasteiger partial charge in [0.25, 0.3) is 0 Å². The number of likely N-dealkylation sites (tertiary alicyclic amines) is 1. The number of H-pyrrole nitrogens is 1. The molecule has 23 heavy (non-hydrogen) atoms. The monoisotopic (exact) mass is 316 g/mol. The van der Waals surface area contributed by atoms with E-state index in [4.69, 9.17) is 0 Å². The number of carbonyl (C=O) groups is 1. The number of nitrogens with one attached hydrogen (secondary N) is 2. The van der Waals surface area contributed by atoms with Gasteiger partial charge in [0.2, 0.25) is 5.91 Å². The molecule has 0 spiro atoms. The first-order valence-corrected chi connectivity index (χ1v) is 7.95. The Morgan fingerprint density at radius 3 is 2.96 bits per heavy atom. The Balaban J connectivity index is 1.67. The molecule has 122 valence electrons. The molecule has 6 heteroatoms. The molecule has 0 radical (unpaired) electrons. The number of rotatable bonds is 5. The zero-order valence-corrected chi connectivity index (χ0v) is 13.2. The fraction of sp³-hybridized carbons (Fsp3) is 0.412. The van der Waals surface area contributed by atoms with Gasteiger partial charge in [0.15, 0.2) is 0 Å². The first-order chi connectivity index (χ1) is 11.2. The van der Waals surface area contributed by atoms with Gasteiger partial charge in [-0.15, -0.1) is 0 Å². The summed E-state index contributed by atoms with van der Waals surface area (Å²) in [5.41, 5.74) is 2.89. The SMILES string of the molecule is CCNC(=O)[C@H]1CCN(Cc2cn[nH]c2-c2ccc(F)cc2)C1. The summed E-state index contributed by atoms with van der Waals surface area (Å²) in [7, 11) is 0. The highest BCUT2D eigenvalue weighted by Crippen LogP contribution is 2.25. The molecule has 5 nitrogen and oxygen atoms in total. The van der Waals surface area contributed by atoms with Crippen LogP contribution in [0.2, 0.25) is 0 Å². The summed E-state index contributed by atoms with van der Waals surface area (Å²) in [5.74, 6) is -0.0452. The van der Waals surface area contributed by atoms with Crippen molar-refractivity contribution in [2.45, 2.75) is 19.9 Å². The predicted octanol–water partition coefficient (Wildman–Crippen LogP) is 2.17. The zero-order chi connectivity index (χ0) is 16.2. The van der Waals surface area contributed by atoms with Gasteiger partial charge in [-0.2, -0.15) is 5.10 Å². The maximum Gasteiger partial charge on any atom is 0.224 e. The maximum atomic E-state index is 13.1. The molecule has 1 fully saturated rings. The van der Waals surface area contributed by atoms with Crippen LogP contribution in [-0.4, -0.2) is 40.6 Å². The summed E-state index contributed by atoms with van der Waals surface area (Å²) in [6.07, 6.45) is 2.69. The molecule has 0 bridgehead atoms. The minimum Gasteiger partial charge on any atom is -0.356 e. The van der Waals surface area contributed by atoms with Gasteiger partial charge < -0.3 is 5.32 Å². The number of benzene rings is 1. The van der Waals surface area contributed by atoms with Gasteiger partial charge in [-0.3, -0.25) is 14.8 Å². The van der Waals surface area contributed by atoms with Gasteiger partial charge in [0.1, 0.15) is 5.82 Å². The van der Waals surface area contributed by atoms with Crippen LogP contribution in [-0.2, 0) is 11.3 Å². The maximum absolute atomic E-state index is 13.1. The van der Waals surface area contributed by atoms with E-state index in [2.05, 4.69) is 20.4 Å². The van der Waals surface area contributed by atoms with Gasteiger partial charge in [0.05, 0.1) is 17.8 Å². The highest BCUT2D eigenvalue weighted by molar-refractivity contribution is 5.79. The van der Waals surface area contributed by atoms with Crippen LogP contribution in [0.3, 0.4) is 0 Å². The van der Waals surface area contributed by atoms with Crippen molar-refractivity contribution in [1.82, 2.24) is 20.4 Å². The van der Waals surface area contributed by atoms with Crippen LogP contribution in [0.5, 0.6) is 0 Å². The molecule has 1 aromatic carbocycles. The van der Waals surface area contributed by atoms with Gasteiger partial charge in [-0.05, 0) is 44.2 Å². The second-order valence-electron chi connectivity index (χ2n) is 5.89. The Labute approximate surface area is 134 Å². The highest BCUT2D eigenvalue weighted by Gasteiger charge is 2.28. The molecule has 2 heterocycles. The largest absolute Gasteiger partial charge is 0.356 e. The number of aromatic amines is 1. The number of aromatic nitrogens is 2.